The fourth-order valence-corrected chi connectivity index (χ4v) is 2.09. The Morgan fingerprint density at radius 1 is 1.41 bits per heavy atom. The number of halogens is 2. The molecule has 2 unspecified atom stereocenters. The van der Waals surface area contributed by atoms with E-state index in [2.05, 4.69) is 10.6 Å². The summed E-state index contributed by atoms with van der Waals surface area (Å²) in [5.41, 5.74) is 0.421. The number of rotatable bonds is 5. The molecule has 1 heterocycles. The predicted molar refractivity (Wildman–Crippen MR) is 80.0 cm³/mol. The summed E-state index contributed by atoms with van der Waals surface area (Å²) >= 11 is 5.61. The number of furan rings is 1. The highest BCUT2D eigenvalue weighted by atomic mass is 35.5. The van der Waals surface area contributed by atoms with Crippen LogP contribution in [0.2, 0.25) is 5.02 Å². The maximum absolute atomic E-state index is 13.5. The van der Waals surface area contributed by atoms with Crippen molar-refractivity contribution in [3.8, 4) is 0 Å². The SMILES string of the molecule is CC(NC(=O)NC(CO)c1ccc(Cl)c(F)c1)c1ccco1. The Balaban J connectivity index is 2.00. The monoisotopic (exact) mass is 326 g/mol. The lowest BCUT2D eigenvalue weighted by molar-refractivity contribution is 0.213. The van der Waals surface area contributed by atoms with Gasteiger partial charge in [0.2, 0.25) is 0 Å². The van der Waals surface area contributed by atoms with Crippen LogP contribution in [-0.2, 0) is 0 Å². The maximum atomic E-state index is 13.5. The van der Waals surface area contributed by atoms with Gasteiger partial charge in [-0.15, -0.1) is 0 Å². The Morgan fingerprint density at radius 3 is 2.77 bits per heavy atom. The Hall–Kier alpha value is -2.05. The van der Waals surface area contributed by atoms with E-state index < -0.39 is 17.9 Å². The van der Waals surface area contributed by atoms with E-state index in [1.54, 1.807) is 25.1 Å². The lowest BCUT2D eigenvalue weighted by Crippen LogP contribution is -2.40. The van der Waals surface area contributed by atoms with Gasteiger partial charge in [0.1, 0.15) is 11.6 Å². The highest BCUT2D eigenvalue weighted by molar-refractivity contribution is 6.30. The Kier molecular flexibility index (Phi) is 5.41. The van der Waals surface area contributed by atoms with Gasteiger partial charge in [-0.2, -0.15) is 0 Å². The molecule has 0 fully saturated rings. The molecule has 7 heteroatoms. The van der Waals surface area contributed by atoms with E-state index in [0.29, 0.717) is 11.3 Å². The number of carbonyl (C=O) groups excluding carboxylic acids is 1. The number of amides is 2. The third-order valence-corrected chi connectivity index (χ3v) is 3.46. The van der Waals surface area contributed by atoms with Crippen LogP contribution in [0.1, 0.15) is 30.3 Å². The van der Waals surface area contributed by atoms with Crippen molar-refractivity contribution in [1.29, 1.82) is 0 Å². The van der Waals surface area contributed by atoms with Gasteiger partial charge in [0.05, 0.1) is 30.0 Å². The van der Waals surface area contributed by atoms with Crippen molar-refractivity contribution in [2.24, 2.45) is 0 Å². The second-order valence-electron chi connectivity index (χ2n) is 4.76. The summed E-state index contributed by atoms with van der Waals surface area (Å²) < 4.78 is 18.6. The summed E-state index contributed by atoms with van der Waals surface area (Å²) in [6, 6.07) is 5.98. The lowest BCUT2D eigenvalue weighted by Gasteiger charge is -2.19. The van der Waals surface area contributed by atoms with Crippen molar-refractivity contribution >= 4 is 17.6 Å². The molecule has 5 nitrogen and oxygen atoms in total. The molecule has 22 heavy (non-hydrogen) atoms. The summed E-state index contributed by atoms with van der Waals surface area (Å²) in [6.45, 7) is 1.39. The fraction of sp³-hybridized carbons (Fsp3) is 0.267. The molecule has 0 saturated heterocycles. The molecule has 0 aliphatic heterocycles. The molecule has 2 amide bonds. The van der Waals surface area contributed by atoms with E-state index in [9.17, 15) is 14.3 Å². The van der Waals surface area contributed by atoms with Gasteiger partial charge in [0, 0.05) is 0 Å². The molecular weight excluding hydrogens is 311 g/mol. The molecule has 2 atom stereocenters. The van der Waals surface area contributed by atoms with Gasteiger partial charge in [-0.05, 0) is 36.8 Å². The zero-order chi connectivity index (χ0) is 16.1. The standard InChI is InChI=1S/C15H16ClFN2O3/c1-9(14-3-2-6-22-14)18-15(21)19-13(8-20)10-4-5-11(16)12(17)7-10/h2-7,9,13,20H,8H2,1H3,(H2,18,19,21). The zero-order valence-corrected chi connectivity index (χ0v) is 12.6. The first kappa shape index (κ1) is 16.3. The van der Waals surface area contributed by atoms with Crippen molar-refractivity contribution in [3.05, 3.63) is 58.8 Å². The van der Waals surface area contributed by atoms with Crippen LogP contribution >= 0.6 is 11.6 Å². The summed E-state index contributed by atoms with van der Waals surface area (Å²) in [5.74, 6) is -0.00276. The number of hydrogen-bond donors (Lipinski definition) is 3. The average Bonchev–Trinajstić information content (AvgIpc) is 3.02. The van der Waals surface area contributed by atoms with E-state index in [-0.39, 0.29) is 17.7 Å². The van der Waals surface area contributed by atoms with Crippen LogP contribution in [0.5, 0.6) is 0 Å². The van der Waals surface area contributed by atoms with Crippen LogP contribution in [0.25, 0.3) is 0 Å². The summed E-state index contributed by atoms with van der Waals surface area (Å²) in [6.07, 6.45) is 1.51. The highest BCUT2D eigenvalue weighted by Crippen LogP contribution is 2.20. The Labute approximate surface area is 132 Å². The van der Waals surface area contributed by atoms with Crippen LogP contribution in [0, 0.1) is 5.82 Å². The third kappa shape index (κ3) is 3.99. The molecule has 2 aromatic rings. The predicted octanol–water partition coefficient (Wildman–Crippen LogP) is 3.17. The van der Waals surface area contributed by atoms with Gasteiger partial charge in [0.15, 0.2) is 0 Å². The molecule has 1 aromatic heterocycles. The number of hydrogen-bond acceptors (Lipinski definition) is 3. The number of carbonyl (C=O) groups is 1. The molecule has 2 rings (SSSR count). The van der Waals surface area contributed by atoms with Crippen LogP contribution in [0.3, 0.4) is 0 Å². The van der Waals surface area contributed by atoms with Crippen LogP contribution < -0.4 is 10.6 Å². The van der Waals surface area contributed by atoms with Gasteiger partial charge in [0.25, 0.3) is 0 Å². The molecule has 3 N–H and O–H groups in total. The molecule has 1 aromatic carbocycles. The molecule has 0 spiro atoms. The third-order valence-electron chi connectivity index (χ3n) is 3.15. The van der Waals surface area contributed by atoms with Gasteiger partial charge < -0.3 is 20.2 Å². The van der Waals surface area contributed by atoms with Crippen molar-refractivity contribution in [2.75, 3.05) is 6.61 Å². The first-order valence-electron chi connectivity index (χ1n) is 6.67. The topological polar surface area (TPSA) is 74.5 Å². The first-order valence-corrected chi connectivity index (χ1v) is 7.05. The van der Waals surface area contributed by atoms with Gasteiger partial charge in [-0.3, -0.25) is 0 Å². The molecule has 0 radical (unpaired) electrons. The van der Waals surface area contributed by atoms with Crippen LogP contribution in [0.4, 0.5) is 9.18 Å². The van der Waals surface area contributed by atoms with Gasteiger partial charge >= 0.3 is 6.03 Å². The average molecular weight is 327 g/mol. The highest BCUT2D eigenvalue weighted by Gasteiger charge is 2.17. The Morgan fingerprint density at radius 2 is 2.18 bits per heavy atom. The van der Waals surface area contributed by atoms with E-state index in [0.717, 1.165) is 0 Å². The summed E-state index contributed by atoms with van der Waals surface area (Å²) in [4.78, 5) is 11.9. The van der Waals surface area contributed by atoms with Crippen LogP contribution in [0.15, 0.2) is 41.0 Å². The Bertz CT molecular complexity index is 634. The second kappa shape index (κ2) is 7.29. The number of urea groups is 1. The molecule has 0 bridgehead atoms. The van der Waals surface area contributed by atoms with E-state index in [1.807, 2.05) is 0 Å². The van der Waals surface area contributed by atoms with Crippen molar-refractivity contribution in [1.82, 2.24) is 10.6 Å². The van der Waals surface area contributed by atoms with E-state index >= 15 is 0 Å². The summed E-state index contributed by atoms with van der Waals surface area (Å²) in [7, 11) is 0. The maximum Gasteiger partial charge on any atom is 0.315 e. The molecule has 118 valence electrons. The number of benzene rings is 1. The smallest absolute Gasteiger partial charge is 0.315 e. The number of nitrogens with one attached hydrogen (secondary N) is 2. The van der Waals surface area contributed by atoms with Gasteiger partial charge in [-0.25, -0.2) is 9.18 Å². The molecular formula is C15H16ClFN2O3. The summed E-state index contributed by atoms with van der Waals surface area (Å²) in [5, 5.41) is 14.6. The largest absolute Gasteiger partial charge is 0.467 e. The van der Waals surface area contributed by atoms with Crippen LogP contribution in [-0.4, -0.2) is 17.7 Å². The van der Waals surface area contributed by atoms with Gasteiger partial charge in [-0.1, -0.05) is 17.7 Å². The zero-order valence-electron chi connectivity index (χ0n) is 11.8. The molecule has 0 aliphatic carbocycles. The number of aliphatic hydroxyl groups is 1. The number of aliphatic hydroxyl groups excluding tert-OH is 1. The van der Waals surface area contributed by atoms with E-state index in [1.165, 1.54) is 18.4 Å². The minimum atomic E-state index is -0.740. The minimum Gasteiger partial charge on any atom is -0.467 e. The minimum absolute atomic E-state index is 0.0173. The fourth-order valence-electron chi connectivity index (χ4n) is 1.97. The quantitative estimate of drug-likeness (QED) is 0.790. The second-order valence-corrected chi connectivity index (χ2v) is 5.17. The first-order chi connectivity index (χ1) is 10.5. The molecule has 0 aliphatic rings. The van der Waals surface area contributed by atoms with Crippen molar-refractivity contribution < 1.29 is 18.7 Å². The van der Waals surface area contributed by atoms with Crippen molar-refractivity contribution in [3.63, 3.8) is 0 Å². The van der Waals surface area contributed by atoms with Crippen molar-refractivity contribution in [2.45, 2.75) is 19.0 Å². The normalized spacial score (nSPS) is 13.5. The lowest BCUT2D eigenvalue weighted by atomic mass is 10.1. The van der Waals surface area contributed by atoms with E-state index in [4.69, 9.17) is 16.0 Å². The molecule has 0 saturated carbocycles.